The van der Waals surface area contributed by atoms with Gasteiger partial charge in [-0.2, -0.15) is 0 Å². The van der Waals surface area contributed by atoms with E-state index in [0.717, 1.165) is 0 Å². The summed E-state index contributed by atoms with van der Waals surface area (Å²) in [6, 6.07) is 9.76. The van der Waals surface area contributed by atoms with Crippen molar-refractivity contribution in [3.63, 3.8) is 0 Å². The first-order valence-electron chi connectivity index (χ1n) is 4.54. The zero-order chi connectivity index (χ0) is 11.5. The van der Waals surface area contributed by atoms with E-state index in [0.29, 0.717) is 16.3 Å². The van der Waals surface area contributed by atoms with Crippen LogP contribution in [0.5, 0.6) is 0 Å². The highest BCUT2D eigenvalue weighted by Crippen LogP contribution is 2.29. The SMILES string of the molecule is O=[N+]([O-])c1ccc(-c2ccccn2)c(Cl)c1. The van der Waals surface area contributed by atoms with Gasteiger partial charge in [0.05, 0.1) is 15.6 Å². The number of benzene rings is 1. The molecule has 0 aliphatic rings. The molecule has 1 aromatic carbocycles. The highest BCUT2D eigenvalue weighted by molar-refractivity contribution is 6.33. The average molecular weight is 235 g/mol. The molecule has 0 bridgehead atoms. The van der Waals surface area contributed by atoms with Gasteiger partial charge in [-0.1, -0.05) is 17.7 Å². The lowest BCUT2D eigenvalue weighted by Gasteiger charge is -2.02. The molecule has 0 unspecified atom stereocenters. The van der Waals surface area contributed by atoms with E-state index in [1.165, 1.54) is 12.1 Å². The van der Waals surface area contributed by atoms with E-state index >= 15 is 0 Å². The second-order valence-corrected chi connectivity index (χ2v) is 3.54. The Morgan fingerprint density at radius 2 is 2.06 bits per heavy atom. The highest BCUT2D eigenvalue weighted by atomic mass is 35.5. The fraction of sp³-hybridized carbons (Fsp3) is 0. The number of pyridine rings is 1. The maximum absolute atomic E-state index is 10.5. The van der Waals surface area contributed by atoms with Crippen LogP contribution in [0.4, 0.5) is 5.69 Å². The van der Waals surface area contributed by atoms with Crippen LogP contribution in [0.3, 0.4) is 0 Å². The van der Waals surface area contributed by atoms with E-state index in [1.807, 2.05) is 6.07 Å². The summed E-state index contributed by atoms with van der Waals surface area (Å²) in [6.45, 7) is 0. The number of nitro benzene ring substituents is 1. The molecule has 0 N–H and O–H groups in total. The van der Waals surface area contributed by atoms with Gasteiger partial charge in [0.25, 0.3) is 5.69 Å². The predicted octanol–water partition coefficient (Wildman–Crippen LogP) is 3.31. The standard InChI is InChI=1S/C11H7ClN2O2/c12-10-7-8(14(15)16)4-5-9(10)11-3-1-2-6-13-11/h1-7H. The Bertz CT molecular complexity index is 529. The average Bonchev–Trinajstić information content (AvgIpc) is 2.30. The monoisotopic (exact) mass is 234 g/mol. The summed E-state index contributed by atoms with van der Waals surface area (Å²) < 4.78 is 0. The van der Waals surface area contributed by atoms with Gasteiger partial charge in [0.2, 0.25) is 0 Å². The molecule has 0 saturated carbocycles. The normalized spacial score (nSPS) is 10.1. The lowest BCUT2D eigenvalue weighted by atomic mass is 10.1. The molecule has 0 atom stereocenters. The van der Waals surface area contributed by atoms with Gasteiger partial charge in [-0.25, -0.2) is 0 Å². The quantitative estimate of drug-likeness (QED) is 0.592. The Hall–Kier alpha value is -1.94. The molecule has 0 saturated heterocycles. The van der Waals surface area contributed by atoms with Crippen LogP contribution in [0.2, 0.25) is 5.02 Å². The van der Waals surface area contributed by atoms with Crippen LogP contribution in [0, 0.1) is 10.1 Å². The van der Waals surface area contributed by atoms with Crippen molar-refractivity contribution in [2.75, 3.05) is 0 Å². The van der Waals surface area contributed by atoms with Crippen LogP contribution in [0.15, 0.2) is 42.6 Å². The van der Waals surface area contributed by atoms with Crippen molar-refractivity contribution in [2.24, 2.45) is 0 Å². The lowest BCUT2D eigenvalue weighted by molar-refractivity contribution is -0.384. The summed E-state index contributed by atoms with van der Waals surface area (Å²) in [5.74, 6) is 0. The molecule has 0 fully saturated rings. The van der Waals surface area contributed by atoms with Crippen molar-refractivity contribution >= 4 is 17.3 Å². The Morgan fingerprint density at radius 3 is 2.62 bits per heavy atom. The fourth-order valence-electron chi connectivity index (χ4n) is 1.35. The molecule has 2 aromatic rings. The largest absolute Gasteiger partial charge is 0.270 e. The summed E-state index contributed by atoms with van der Waals surface area (Å²) in [5, 5.41) is 10.9. The van der Waals surface area contributed by atoms with E-state index in [9.17, 15) is 10.1 Å². The summed E-state index contributed by atoms with van der Waals surface area (Å²) in [5.41, 5.74) is 1.36. The summed E-state index contributed by atoms with van der Waals surface area (Å²) in [7, 11) is 0. The molecule has 0 amide bonds. The number of halogens is 1. The molecule has 5 heteroatoms. The number of rotatable bonds is 2. The molecule has 80 valence electrons. The van der Waals surface area contributed by atoms with Crippen LogP contribution >= 0.6 is 11.6 Å². The third-order valence-corrected chi connectivity index (χ3v) is 2.42. The Morgan fingerprint density at radius 1 is 1.25 bits per heavy atom. The van der Waals surface area contributed by atoms with Gasteiger partial charge in [-0.3, -0.25) is 15.1 Å². The van der Waals surface area contributed by atoms with E-state index in [2.05, 4.69) is 4.98 Å². The number of hydrogen-bond acceptors (Lipinski definition) is 3. The highest BCUT2D eigenvalue weighted by Gasteiger charge is 2.10. The van der Waals surface area contributed by atoms with Crippen molar-refractivity contribution in [3.8, 4) is 11.3 Å². The van der Waals surface area contributed by atoms with Gasteiger partial charge >= 0.3 is 0 Å². The molecule has 0 aliphatic heterocycles. The van der Waals surface area contributed by atoms with Gasteiger partial charge in [0.15, 0.2) is 0 Å². The molecule has 4 nitrogen and oxygen atoms in total. The lowest BCUT2D eigenvalue weighted by Crippen LogP contribution is -1.89. The first kappa shape index (κ1) is 10.6. The Kier molecular flexibility index (Phi) is 2.83. The first-order chi connectivity index (χ1) is 7.68. The molecule has 1 aromatic heterocycles. The van der Waals surface area contributed by atoms with Crippen molar-refractivity contribution in [1.29, 1.82) is 0 Å². The molecular weight excluding hydrogens is 228 g/mol. The van der Waals surface area contributed by atoms with Crippen LogP contribution in [-0.4, -0.2) is 9.91 Å². The molecule has 0 radical (unpaired) electrons. The minimum Gasteiger partial charge on any atom is -0.258 e. The van der Waals surface area contributed by atoms with E-state index < -0.39 is 4.92 Å². The van der Waals surface area contributed by atoms with Crippen molar-refractivity contribution in [3.05, 3.63) is 57.7 Å². The smallest absolute Gasteiger partial charge is 0.258 e. The summed E-state index contributed by atoms with van der Waals surface area (Å²) in [4.78, 5) is 14.2. The van der Waals surface area contributed by atoms with Crippen molar-refractivity contribution in [2.45, 2.75) is 0 Å². The van der Waals surface area contributed by atoms with Crippen LogP contribution in [0.25, 0.3) is 11.3 Å². The van der Waals surface area contributed by atoms with Gasteiger partial charge in [-0.05, 0) is 18.2 Å². The van der Waals surface area contributed by atoms with Crippen molar-refractivity contribution in [1.82, 2.24) is 4.98 Å². The molecule has 1 heterocycles. The van der Waals surface area contributed by atoms with E-state index in [1.54, 1.807) is 24.4 Å². The minimum atomic E-state index is -0.478. The summed E-state index contributed by atoms with van der Waals surface area (Å²) in [6.07, 6.45) is 1.65. The number of hydrogen-bond donors (Lipinski definition) is 0. The topological polar surface area (TPSA) is 56.0 Å². The predicted molar refractivity (Wildman–Crippen MR) is 61.3 cm³/mol. The van der Waals surface area contributed by atoms with Crippen LogP contribution < -0.4 is 0 Å². The van der Waals surface area contributed by atoms with Gasteiger partial charge in [0.1, 0.15) is 0 Å². The maximum Gasteiger partial charge on any atom is 0.270 e. The second kappa shape index (κ2) is 4.28. The molecular formula is C11H7ClN2O2. The zero-order valence-corrected chi connectivity index (χ0v) is 8.89. The zero-order valence-electron chi connectivity index (χ0n) is 8.13. The number of aromatic nitrogens is 1. The van der Waals surface area contributed by atoms with Gasteiger partial charge in [-0.15, -0.1) is 0 Å². The van der Waals surface area contributed by atoms with Crippen LogP contribution in [0.1, 0.15) is 0 Å². The minimum absolute atomic E-state index is 0.0234. The Balaban J connectivity index is 2.48. The molecule has 0 aliphatic carbocycles. The molecule has 16 heavy (non-hydrogen) atoms. The number of nitrogens with zero attached hydrogens (tertiary/aromatic N) is 2. The second-order valence-electron chi connectivity index (χ2n) is 3.14. The number of nitro groups is 1. The third kappa shape index (κ3) is 2.01. The summed E-state index contributed by atoms with van der Waals surface area (Å²) >= 11 is 5.96. The first-order valence-corrected chi connectivity index (χ1v) is 4.91. The van der Waals surface area contributed by atoms with Gasteiger partial charge in [0, 0.05) is 23.9 Å². The molecule has 0 spiro atoms. The number of non-ortho nitro benzene ring substituents is 1. The maximum atomic E-state index is 10.5. The third-order valence-electron chi connectivity index (χ3n) is 2.10. The van der Waals surface area contributed by atoms with Gasteiger partial charge < -0.3 is 0 Å². The van der Waals surface area contributed by atoms with E-state index in [4.69, 9.17) is 11.6 Å². The van der Waals surface area contributed by atoms with Crippen molar-refractivity contribution < 1.29 is 4.92 Å². The van der Waals surface area contributed by atoms with Crippen LogP contribution in [-0.2, 0) is 0 Å². The Labute approximate surface area is 96.7 Å². The molecule has 2 rings (SSSR count). The fourth-order valence-corrected chi connectivity index (χ4v) is 1.62. The van der Waals surface area contributed by atoms with E-state index in [-0.39, 0.29) is 5.69 Å².